The van der Waals surface area contributed by atoms with Crippen LogP contribution in [0.5, 0.6) is 5.75 Å². The number of anilines is 4. The highest BCUT2D eigenvalue weighted by Crippen LogP contribution is 2.33. The summed E-state index contributed by atoms with van der Waals surface area (Å²) in [6, 6.07) is 5.49. The molecule has 0 aliphatic carbocycles. The first-order valence-corrected chi connectivity index (χ1v) is 12.6. The molecule has 0 saturated carbocycles. The first kappa shape index (κ1) is 25.7. The maximum atomic E-state index is 12.8. The normalized spacial score (nSPS) is 17.1. The van der Waals surface area contributed by atoms with Gasteiger partial charge in [0.1, 0.15) is 11.4 Å². The Morgan fingerprint density at radius 3 is 2.64 bits per heavy atom. The van der Waals surface area contributed by atoms with Crippen LogP contribution in [0.15, 0.2) is 24.4 Å². The number of rotatable bonds is 7. The largest absolute Gasteiger partial charge is 0.495 e. The predicted molar refractivity (Wildman–Crippen MR) is 141 cm³/mol. The summed E-state index contributed by atoms with van der Waals surface area (Å²) in [4.78, 5) is 40.6. The van der Waals surface area contributed by atoms with Gasteiger partial charge in [0, 0.05) is 38.2 Å². The van der Waals surface area contributed by atoms with E-state index in [9.17, 15) is 9.59 Å². The molecule has 2 aliphatic rings. The third kappa shape index (κ3) is 5.87. The smallest absolute Gasteiger partial charge is 0.251 e. The number of hydrogen-bond donors (Lipinski definition) is 2. The summed E-state index contributed by atoms with van der Waals surface area (Å²) < 4.78 is 5.58. The number of piperidine rings is 1. The molecule has 0 bridgehead atoms. The van der Waals surface area contributed by atoms with Crippen molar-refractivity contribution in [3.8, 4) is 5.75 Å². The number of likely N-dealkylation sites (tertiary alicyclic amines) is 1. The highest BCUT2D eigenvalue weighted by atomic mass is 16.5. The van der Waals surface area contributed by atoms with Crippen LogP contribution in [0.3, 0.4) is 0 Å². The van der Waals surface area contributed by atoms with E-state index in [0.717, 1.165) is 38.3 Å². The summed E-state index contributed by atoms with van der Waals surface area (Å²) in [6.07, 6.45) is 4.00. The Kier molecular flexibility index (Phi) is 7.93. The lowest BCUT2D eigenvalue weighted by Crippen LogP contribution is -2.43. The number of amides is 2. The van der Waals surface area contributed by atoms with E-state index in [0.29, 0.717) is 47.5 Å². The number of carbonyl (C=O) groups is 2. The summed E-state index contributed by atoms with van der Waals surface area (Å²) in [7, 11) is 5.43. The number of aromatic nitrogens is 2. The van der Waals surface area contributed by atoms with Crippen LogP contribution in [-0.4, -0.2) is 80.1 Å². The van der Waals surface area contributed by atoms with Crippen LogP contribution in [0.1, 0.15) is 43.5 Å². The van der Waals surface area contributed by atoms with Crippen LogP contribution in [0.25, 0.3) is 0 Å². The Balaban J connectivity index is 1.54. The fraction of sp³-hybridized carbons (Fsp3) is 0.538. The molecule has 0 radical (unpaired) electrons. The van der Waals surface area contributed by atoms with Gasteiger partial charge in [0.15, 0.2) is 5.82 Å². The van der Waals surface area contributed by atoms with Crippen molar-refractivity contribution < 1.29 is 14.3 Å². The van der Waals surface area contributed by atoms with E-state index in [1.54, 1.807) is 43.5 Å². The van der Waals surface area contributed by atoms with Crippen LogP contribution in [0.4, 0.5) is 23.1 Å². The molecule has 2 aromatic rings. The van der Waals surface area contributed by atoms with Gasteiger partial charge >= 0.3 is 0 Å². The number of fused-ring (bicyclic) bond motifs is 1. The average molecular weight is 496 g/mol. The second kappa shape index (κ2) is 11.1. The molecule has 3 heterocycles. The zero-order chi connectivity index (χ0) is 25.8. The van der Waals surface area contributed by atoms with Crippen LogP contribution in [0, 0.1) is 5.92 Å². The number of benzene rings is 1. The number of carbonyl (C=O) groups excluding carboxylic acids is 2. The molecule has 194 valence electrons. The van der Waals surface area contributed by atoms with Gasteiger partial charge in [0.2, 0.25) is 11.9 Å². The van der Waals surface area contributed by atoms with E-state index in [1.807, 2.05) is 0 Å². The number of nitrogens with one attached hydrogen (secondary N) is 2. The van der Waals surface area contributed by atoms with Gasteiger partial charge in [-0.05, 0) is 57.1 Å². The number of hydrogen-bond acceptors (Lipinski definition) is 8. The van der Waals surface area contributed by atoms with Crippen LogP contribution in [0.2, 0.25) is 0 Å². The van der Waals surface area contributed by atoms with Crippen LogP contribution >= 0.6 is 0 Å². The lowest BCUT2D eigenvalue weighted by atomic mass is 10.0. The summed E-state index contributed by atoms with van der Waals surface area (Å²) in [6.45, 7) is 7.65. The molecule has 2 aliphatic heterocycles. The van der Waals surface area contributed by atoms with Crippen molar-refractivity contribution in [2.45, 2.75) is 39.2 Å². The molecular formula is C26H37N7O3. The molecule has 2 N–H and O–H groups in total. The molecule has 1 aromatic carbocycles. The maximum absolute atomic E-state index is 12.8. The first-order chi connectivity index (χ1) is 17.2. The molecular weight excluding hydrogens is 458 g/mol. The van der Waals surface area contributed by atoms with E-state index >= 15 is 0 Å². The maximum Gasteiger partial charge on any atom is 0.251 e. The van der Waals surface area contributed by atoms with Gasteiger partial charge in [0.05, 0.1) is 19.0 Å². The molecule has 1 fully saturated rings. The topological polar surface area (TPSA) is 103 Å². The number of ether oxygens (including phenoxy) is 1. The highest BCUT2D eigenvalue weighted by Gasteiger charge is 2.26. The highest BCUT2D eigenvalue weighted by molar-refractivity contribution is 5.97. The molecule has 10 heteroatoms. The van der Waals surface area contributed by atoms with E-state index in [4.69, 9.17) is 9.72 Å². The molecule has 2 amide bonds. The van der Waals surface area contributed by atoms with Gasteiger partial charge in [0.25, 0.3) is 5.91 Å². The second-order valence-electron chi connectivity index (χ2n) is 10.0. The Labute approximate surface area is 213 Å². The van der Waals surface area contributed by atoms with Gasteiger partial charge in [-0.25, -0.2) is 4.98 Å². The van der Waals surface area contributed by atoms with Crippen molar-refractivity contribution in [3.05, 3.63) is 30.0 Å². The van der Waals surface area contributed by atoms with E-state index in [2.05, 4.69) is 46.3 Å². The molecule has 0 spiro atoms. The summed E-state index contributed by atoms with van der Waals surface area (Å²) >= 11 is 0. The Morgan fingerprint density at radius 1 is 1.19 bits per heavy atom. The van der Waals surface area contributed by atoms with Crippen molar-refractivity contribution in [3.63, 3.8) is 0 Å². The van der Waals surface area contributed by atoms with Crippen molar-refractivity contribution >= 4 is 35.0 Å². The second-order valence-corrected chi connectivity index (χ2v) is 10.0. The zero-order valence-electron chi connectivity index (χ0n) is 21.9. The van der Waals surface area contributed by atoms with Crippen LogP contribution < -0.4 is 25.2 Å². The predicted octanol–water partition coefficient (Wildman–Crippen LogP) is 2.88. The van der Waals surface area contributed by atoms with Gasteiger partial charge in [-0.2, -0.15) is 4.98 Å². The third-order valence-electron chi connectivity index (χ3n) is 6.73. The van der Waals surface area contributed by atoms with Crippen molar-refractivity contribution in [1.29, 1.82) is 0 Å². The standard InChI is InChI=1S/C26H37N7O3/c1-17(2)16-33-13-10-23(34)32(4)21-15-27-26(30-24(21)33)29-20-7-6-18(14-22(20)36-5)25(35)28-19-8-11-31(3)12-9-19/h6-7,14-15,17,19H,8-13,16H2,1-5H3,(H,28,35)(H,27,29,30). The molecule has 0 atom stereocenters. The van der Waals surface area contributed by atoms with Crippen molar-refractivity contribution in [2.75, 3.05) is 62.5 Å². The fourth-order valence-corrected chi connectivity index (χ4v) is 4.63. The monoisotopic (exact) mass is 495 g/mol. The Morgan fingerprint density at radius 2 is 1.94 bits per heavy atom. The Bertz CT molecular complexity index is 1100. The summed E-state index contributed by atoms with van der Waals surface area (Å²) in [5.41, 5.74) is 1.89. The number of nitrogens with zero attached hydrogens (tertiary/aromatic N) is 5. The SMILES string of the molecule is COc1cc(C(=O)NC2CCN(C)CC2)ccc1Nc1ncc2c(n1)N(CC(C)C)CCC(=O)N2C. The summed E-state index contributed by atoms with van der Waals surface area (Å²) in [5, 5.41) is 6.37. The van der Waals surface area contributed by atoms with Gasteiger partial charge in [-0.1, -0.05) is 13.8 Å². The minimum absolute atomic E-state index is 0.0441. The molecule has 0 unspecified atom stereocenters. The molecule has 10 nitrogen and oxygen atoms in total. The Hall–Kier alpha value is -3.40. The first-order valence-electron chi connectivity index (χ1n) is 12.6. The van der Waals surface area contributed by atoms with Gasteiger partial charge < -0.3 is 30.1 Å². The molecule has 36 heavy (non-hydrogen) atoms. The average Bonchev–Trinajstić information content (AvgIpc) is 2.97. The minimum atomic E-state index is -0.104. The third-order valence-corrected chi connectivity index (χ3v) is 6.73. The zero-order valence-corrected chi connectivity index (χ0v) is 21.9. The quantitative estimate of drug-likeness (QED) is 0.605. The number of methoxy groups -OCH3 is 1. The summed E-state index contributed by atoms with van der Waals surface area (Å²) in [5.74, 6) is 2.00. The van der Waals surface area contributed by atoms with Crippen LogP contribution in [-0.2, 0) is 4.79 Å². The van der Waals surface area contributed by atoms with Gasteiger partial charge in [-0.3, -0.25) is 9.59 Å². The van der Waals surface area contributed by atoms with Gasteiger partial charge in [-0.15, -0.1) is 0 Å². The molecule has 4 rings (SSSR count). The fourth-order valence-electron chi connectivity index (χ4n) is 4.63. The lowest BCUT2D eigenvalue weighted by Gasteiger charge is -2.29. The molecule has 1 saturated heterocycles. The van der Waals surface area contributed by atoms with Crippen molar-refractivity contribution in [1.82, 2.24) is 20.2 Å². The van der Waals surface area contributed by atoms with E-state index in [1.165, 1.54) is 0 Å². The molecule has 1 aromatic heterocycles. The minimum Gasteiger partial charge on any atom is -0.495 e. The van der Waals surface area contributed by atoms with Crippen molar-refractivity contribution in [2.24, 2.45) is 5.92 Å². The van der Waals surface area contributed by atoms with E-state index < -0.39 is 0 Å². The lowest BCUT2D eigenvalue weighted by molar-refractivity contribution is -0.118. The van der Waals surface area contributed by atoms with E-state index in [-0.39, 0.29) is 17.9 Å².